The van der Waals surface area contributed by atoms with Crippen LogP contribution >= 0.6 is 0 Å². The number of aryl methyl sites for hydroxylation is 8. The summed E-state index contributed by atoms with van der Waals surface area (Å²) in [5.74, 6) is -0.187. The summed E-state index contributed by atoms with van der Waals surface area (Å²) in [5, 5.41) is 33.9. The molecule has 19 heteroatoms. The minimum absolute atomic E-state index is 0. The van der Waals surface area contributed by atoms with Crippen LogP contribution in [-0.2, 0) is 116 Å². The Kier molecular flexibility index (Phi) is 50.3. The van der Waals surface area contributed by atoms with Gasteiger partial charge in [-0.2, -0.15) is 0 Å². The number of aromatic nitrogens is 6. The summed E-state index contributed by atoms with van der Waals surface area (Å²) in [6, 6.07) is 126. The van der Waals surface area contributed by atoms with Crippen molar-refractivity contribution in [3.05, 3.63) is 456 Å². The summed E-state index contributed by atoms with van der Waals surface area (Å²) in [5.41, 5.74) is 28.0. The Balaban J connectivity index is 0.000000285. The van der Waals surface area contributed by atoms with Crippen LogP contribution in [0.2, 0.25) is 19.6 Å². The number of allylic oxidation sites excluding steroid dienone is 6. The smallest absolute Gasteiger partial charge is 0.512 e. The SMILES string of the molecule is CC(=O)C=C(C)O.CC(=O)C=C(C)O.CC(=O)C=C(C)O.Cc1[c-]c(-c2cc(C)c3ccc(C)cc3n2)cc(C)c1.Cc1[c-]c(-c2ccc3cc([Si](C)(C)C)ccc3n2)cc(C)c1.Cc1cc[c-]c(-c2ncc3ccccc3c2C)c1.[Ir].[Ir].[Ir].[Ir].[Pt+2].[c-]1c(C=Nc2ccccc2-c2[c-]cccc2)cccc1-c1ccccn1.[c-]1ccccc1-c1cc2ccccc2cn1.[c-]1ccccc1-c1ccccn1. The van der Waals surface area contributed by atoms with Crippen LogP contribution in [0.5, 0.6) is 0 Å². The van der Waals surface area contributed by atoms with Crippen molar-refractivity contribution in [3.8, 4) is 78.7 Å². The van der Waals surface area contributed by atoms with E-state index in [0.29, 0.717) is 0 Å². The van der Waals surface area contributed by atoms with E-state index in [-0.39, 0.29) is 136 Å². The number of ketones is 3. The molecule has 12 aromatic carbocycles. The third kappa shape index (κ3) is 38.5. The molecule has 0 amide bonds. The molecule has 0 fully saturated rings. The standard InChI is InChI=1S/C24H16N2.C20H22NSi.C19H18N.C17H14N.C15H10N.C11H8N.3C5H8O2.4Ir.Pt/c1-2-10-20(11-3-1)22-13-4-5-15-24(22)26-18-19-9-8-12-21(17-19)23-14-6-7-16-25-23;1-14-10-15(2)12-17(11-14)20-8-6-16-13-18(22(3,4)5)7-9-19(16)21-20;1-12-5-6-17-15(4)11-18(20-19(17)10-12)16-8-13(2)7-14(3)9-16;1-12-6-5-8-14(10-12)17-13(2)16-9-4-3-7-15(16)11-18-17;1-2-6-12(7-3-1)15-10-13-8-4-5-9-14(13)11-16-15;1-2-6-10(7-3-1)11-8-4-5-9-12-11;3*1-4(6)3-5(2)7;;;;;/h1-10,12-16,18H;6-11,13H,1-5H3;5-8,10-11H,1-4H3;3-7,9-11H,1-2H3;1-6,8-11H;1-6,8-9H;3*3,6H,1-2H3;;;;;/q-2;5*-1;;;;;;;;+2. The van der Waals surface area contributed by atoms with E-state index in [4.69, 9.17) is 30.3 Å². The molecule has 0 aliphatic rings. The second kappa shape index (κ2) is 59.7. The number of benzene rings is 12. The van der Waals surface area contributed by atoms with Gasteiger partial charge in [-0.3, -0.25) is 29.3 Å². The average molecular weight is 2750 g/mol. The molecule has 0 aliphatic carbocycles. The van der Waals surface area contributed by atoms with Crippen LogP contribution in [-0.4, -0.2) is 76.9 Å². The number of fused-ring (bicyclic) bond motifs is 4. The fraction of sp³-hybridized carbons (Fsp3) is 0.140. The zero-order valence-corrected chi connectivity index (χ0v) is 94.2. The van der Waals surface area contributed by atoms with Gasteiger partial charge in [-0.15, -0.1) is 243 Å². The summed E-state index contributed by atoms with van der Waals surface area (Å²) in [4.78, 5) is 62.0. The third-order valence-corrected chi connectivity index (χ3v) is 22.4. The molecule has 6 heterocycles. The van der Waals surface area contributed by atoms with E-state index in [2.05, 4.69) is 271 Å². The Bertz CT molecular complexity index is 7040. The van der Waals surface area contributed by atoms with Crippen molar-refractivity contribution in [1.29, 1.82) is 0 Å². The Morgan fingerprint density at radius 1 is 0.343 bits per heavy atom. The Hall–Kier alpha value is -12.6. The number of pyridine rings is 6. The molecule has 0 bridgehead atoms. The Labute approximate surface area is 894 Å². The van der Waals surface area contributed by atoms with Crippen LogP contribution < -0.4 is 5.19 Å². The van der Waals surface area contributed by atoms with Gasteiger partial charge in [0, 0.05) is 140 Å². The number of hydrogen-bond acceptors (Lipinski definition) is 13. The number of aliphatic imine (C=N–C) groups is 1. The topological polar surface area (TPSA) is 202 Å². The van der Waals surface area contributed by atoms with Gasteiger partial charge in [-0.25, -0.2) is 0 Å². The summed E-state index contributed by atoms with van der Waals surface area (Å²) in [6.07, 6.45) is 12.8. The normalized spacial score (nSPS) is 10.6. The summed E-state index contributed by atoms with van der Waals surface area (Å²) in [7, 11) is -1.28. The quantitative estimate of drug-likeness (QED) is 0.0325. The number of para-hydroxylation sites is 1. The van der Waals surface area contributed by atoms with Crippen molar-refractivity contribution in [2.45, 2.75) is 117 Å². The van der Waals surface area contributed by atoms with Crippen LogP contribution in [0.25, 0.3) is 122 Å². The summed E-state index contributed by atoms with van der Waals surface area (Å²) >= 11 is 0. The van der Waals surface area contributed by atoms with Crippen molar-refractivity contribution < 1.29 is 131 Å². The monoisotopic (exact) mass is 2750 g/mol. The maximum Gasteiger partial charge on any atom is 2.00 e. The van der Waals surface area contributed by atoms with Crippen molar-refractivity contribution in [2.24, 2.45) is 4.99 Å². The molecule has 140 heavy (non-hydrogen) atoms. The maximum absolute atomic E-state index is 10.0. The van der Waals surface area contributed by atoms with Gasteiger partial charge in [0.1, 0.15) is 0 Å². The maximum atomic E-state index is 10.0. The predicted molar refractivity (Wildman–Crippen MR) is 561 cm³/mol. The van der Waals surface area contributed by atoms with E-state index >= 15 is 0 Å². The first kappa shape index (κ1) is 118. The van der Waals surface area contributed by atoms with Gasteiger partial charge in [0.15, 0.2) is 17.3 Å². The molecule has 18 rings (SSSR count). The largest absolute Gasteiger partial charge is 2.00 e. The van der Waals surface area contributed by atoms with E-state index in [1.807, 2.05) is 188 Å². The second-order valence-electron chi connectivity index (χ2n) is 33.5. The second-order valence-corrected chi connectivity index (χ2v) is 38.5. The number of rotatable bonds is 13. The summed E-state index contributed by atoms with van der Waals surface area (Å²) < 4.78 is 0. The fourth-order valence-electron chi connectivity index (χ4n) is 14.2. The first-order valence-corrected chi connectivity index (χ1v) is 47.8. The van der Waals surface area contributed by atoms with Crippen LogP contribution in [0.1, 0.15) is 91.6 Å². The van der Waals surface area contributed by atoms with E-state index in [1.54, 1.807) is 12.4 Å². The molecule has 0 aliphatic heterocycles. The number of aliphatic hydroxyl groups is 3. The molecule has 18 aromatic rings. The Morgan fingerprint density at radius 3 is 1.36 bits per heavy atom. The van der Waals surface area contributed by atoms with Crippen molar-refractivity contribution >= 4 is 85.9 Å². The molecule has 0 saturated heterocycles. The van der Waals surface area contributed by atoms with Gasteiger partial charge in [0.25, 0.3) is 0 Å². The molecule has 13 nitrogen and oxygen atoms in total. The van der Waals surface area contributed by atoms with Gasteiger partial charge < -0.3 is 35.3 Å². The van der Waals surface area contributed by atoms with Gasteiger partial charge in [0.2, 0.25) is 0 Å². The van der Waals surface area contributed by atoms with E-state index in [1.165, 1.54) is 131 Å². The molecule has 6 aromatic heterocycles. The number of aliphatic hydroxyl groups excluding tert-OH is 3. The predicted octanol–water partition coefficient (Wildman–Crippen LogP) is 29.2. The van der Waals surface area contributed by atoms with E-state index in [0.717, 1.165) is 112 Å². The molecule has 0 atom stereocenters. The van der Waals surface area contributed by atoms with E-state index < -0.39 is 8.07 Å². The molecule has 0 saturated carbocycles. The van der Waals surface area contributed by atoms with Gasteiger partial charge in [0.05, 0.1) is 36.4 Å². The molecule has 0 spiro atoms. The van der Waals surface area contributed by atoms with Crippen LogP contribution in [0.3, 0.4) is 0 Å². The number of carbonyl (C=O) groups is 3. The Morgan fingerprint density at radius 2 is 0.829 bits per heavy atom. The average Bonchev–Trinajstić information content (AvgIpc) is 0.801. The van der Waals surface area contributed by atoms with Crippen LogP contribution in [0, 0.1) is 97.9 Å². The van der Waals surface area contributed by atoms with Crippen molar-refractivity contribution in [1.82, 2.24) is 29.9 Å². The minimum Gasteiger partial charge on any atom is -0.512 e. The van der Waals surface area contributed by atoms with Crippen molar-refractivity contribution in [2.75, 3.05) is 0 Å². The molecule has 3 N–H and O–H groups in total. The molecule has 4 radical (unpaired) electrons. The van der Waals surface area contributed by atoms with Crippen LogP contribution in [0.15, 0.2) is 369 Å². The van der Waals surface area contributed by atoms with Gasteiger partial charge in [-0.05, 0) is 165 Å². The molecule has 0 unspecified atom stereocenters. The number of nitrogens with zero attached hydrogens (tertiary/aromatic N) is 7. The van der Waals surface area contributed by atoms with Crippen LogP contribution in [0.4, 0.5) is 5.69 Å². The minimum atomic E-state index is -1.28. The summed E-state index contributed by atoms with van der Waals surface area (Å²) in [6.45, 7) is 32.5. The van der Waals surface area contributed by atoms with Crippen molar-refractivity contribution in [3.63, 3.8) is 0 Å². The molecule has 722 valence electrons. The first-order valence-electron chi connectivity index (χ1n) is 44.3. The molecular formula is C121H112Ir4N7O6PtSi-5. The zero-order chi connectivity index (χ0) is 96.9. The zero-order valence-electron chi connectivity index (χ0n) is 81.3. The third-order valence-electron chi connectivity index (χ3n) is 20.3. The van der Waals surface area contributed by atoms with Gasteiger partial charge >= 0.3 is 21.1 Å². The van der Waals surface area contributed by atoms with E-state index in [9.17, 15) is 14.4 Å². The fourth-order valence-corrected chi connectivity index (χ4v) is 15.4. The number of hydrogen-bond donors (Lipinski definition) is 3. The number of carbonyl (C=O) groups excluding carboxylic acids is 3. The first-order chi connectivity index (χ1) is 64.8. The van der Waals surface area contributed by atoms with Gasteiger partial charge in [-0.1, -0.05) is 216 Å². The molecular weight excluding hydrogens is 2640 g/mol.